The molecule has 1 saturated heterocycles. The average Bonchev–Trinajstić information content (AvgIpc) is 3.31. The van der Waals surface area contributed by atoms with Gasteiger partial charge in [-0.2, -0.15) is 0 Å². The second-order valence-corrected chi connectivity index (χ2v) is 7.76. The van der Waals surface area contributed by atoms with Gasteiger partial charge in [0, 0.05) is 52.3 Å². The van der Waals surface area contributed by atoms with Crippen LogP contribution in [-0.4, -0.2) is 74.3 Å². The van der Waals surface area contributed by atoms with Gasteiger partial charge in [-0.3, -0.25) is 9.78 Å². The first-order valence-electron chi connectivity index (χ1n) is 10.5. The number of benzene rings is 1. The van der Waals surface area contributed by atoms with Crippen LogP contribution in [0.1, 0.15) is 28.8 Å². The number of pyridine rings is 1. The first-order chi connectivity index (χ1) is 15.4. The maximum atomic E-state index is 13.3. The van der Waals surface area contributed by atoms with Gasteiger partial charge in [-0.15, -0.1) is 0 Å². The van der Waals surface area contributed by atoms with Crippen LogP contribution in [0, 0.1) is 0 Å². The number of amides is 3. The van der Waals surface area contributed by atoms with Gasteiger partial charge in [-0.1, -0.05) is 6.07 Å². The molecule has 3 amide bonds. The Morgan fingerprint density at radius 3 is 2.56 bits per heavy atom. The summed E-state index contributed by atoms with van der Waals surface area (Å²) in [6.07, 6.45) is 5.27. The summed E-state index contributed by atoms with van der Waals surface area (Å²) in [5, 5.41) is 2.89. The average molecular weight is 443 g/mol. The Kier molecular flexibility index (Phi) is 7.88. The fourth-order valence-corrected chi connectivity index (χ4v) is 3.56. The highest BCUT2D eigenvalue weighted by Crippen LogP contribution is 2.34. The molecule has 0 aliphatic carbocycles. The van der Waals surface area contributed by atoms with E-state index in [4.69, 9.17) is 14.2 Å². The van der Waals surface area contributed by atoms with E-state index in [9.17, 15) is 9.59 Å². The second-order valence-electron chi connectivity index (χ2n) is 7.76. The zero-order valence-corrected chi connectivity index (χ0v) is 19.0. The number of methoxy groups -OCH3 is 2. The molecule has 9 heteroatoms. The van der Waals surface area contributed by atoms with Crippen molar-refractivity contribution in [2.45, 2.75) is 25.5 Å². The minimum atomic E-state index is -0.343. The first-order valence-corrected chi connectivity index (χ1v) is 10.5. The maximum Gasteiger partial charge on any atom is 0.322 e. The highest BCUT2D eigenvalue weighted by atomic mass is 16.5. The third-order valence-corrected chi connectivity index (χ3v) is 5.23. The maximum absolute atomic E-state index is 13.3. The molecule has 172 valence electrons. The Hall–Kier alpha value is -3.33. The van der Waals surface area contributed by atoms with E-state index in [0.29, 0.717) is 42.4 Å². The van der Waals surface area contributed by atoms with Crippen LogP contribution in [0.3, 0.4) is 0 Å². The summed E-state index contributed by atoms with van der Waals surface area (Å²) in [7, 11) is 6.30. The van der Waals surface area contributed by atoms with Crippen molar-refractivity contribution in [3.05, 3.63) is 47.8 Å². The van der Waals surface area contributed by atoms with Gasteiger partial charge in [0.05, 0.1) is 31.6 Å². The number of rotatable bonds is 8. The van der Waals surface area contributed by atoms with Crippen molar-refractivity contribution in [3.8, 4) is 11.5 Å². The molecule has 32 heavy (non-hydrogen) atoms. The molecule has 1 atom stereocenters. The van der Waals surface area contributed by atoms with E-state index >= 15 is 0 Å². The molecule has 9 nitrogen and oxygen atoms in total. The molecule has 1 aliphatic rings. The van der Waals surface area contributed by atoms with E-state index in [2.05, 4.69) is 10.3 Å². The number of carbonyl (C=O) groups excluding carboxylic acids is 2. The van der Waals surface area contributed by atoms with Crippen LogP contribution in [0.5, 0.6) is 11.5 Å². The van der Waals surface area contributed by atoms with Gasteiger partial charge in [0.25, 0.3) is 5.91 Å². The van der Waals surface area contributed by atoms with Crippen molar-refractivity contribution < 1.29 is 23.8 Å². The number of ether oxygens (including phenoxy) is 3. The topological polar surface area (TPSA) is 93.2 Å². The Bertz CT molecular complexity index is 929. The minimum absolute atomic E-state index is 0.0225. The van der Waals surface area contributed by atoms with Crippen molar-refractivity contribution >= 4 is 17.6 Å². The molecular formula is C23H30N4O5. The largest absolute Gasteiger partial charge is 0.493 e. The molecule has 0 bridgehead atoms. The van der Waals surface area contributed by atoms with E-state index < -0.39 is 0 Å². The Morgan fingerprint density at radius 2 is 1.97 bits per heavy atom. The molecule has 1 aromatic heterocycles. The van der Waals surface area contributed by atoms with Crippen molar-refractivity contribution in [3.63, 3.8) is 0 Å². The quantitative estimate of drug-likeness (QED) is 0.676. The van der Waals surface area contributed by atoms with Crippen LogP contribution in [0.15, 0.2) is 36.7 Å². The van der Waals surface area contributed by atoms with Crippen LogP contribution >= 0.6 is 0 Å². The van der Waals surface area contributed by atoms with E-state index in [1.165, 1.54) is 19.1 Å². The third-order valence-electron chi connectivity index (χ3n) is 5.23. The zero-order valence-electron chi connectivity index (χ0n) is 19.0. The van der Waals surface area contributed by atoms with Gasteiger partial charge in [-0.25, -0.2) is 4.79 Å². The van der Waals surface area contributed by atoms with Crippen molar-refractivity contribution in [2.75, 3.05) is 46.8 Å². The number of nitrogens with zero attached hydrogens (tertiary/aromatic N) is 3. The molecule has 1 aliphatic heterocycles. The van der Waals surface area contributed by atoms with Crippen LogP contribution in [0.4, 0.5) is 10.5 Å². The van der Waals surface area contributed by atoms with Crippen LogP contribution in [0.25, 0.3) is 0 Å². The zero-order chi connectivity index (χ0) is 23.1. The molecule has 0 radical (unpaired) electrons. The molecule has 2 heterocycles. The van der Waals surface area contributed by atoms with E-state index in [1.807, 2.05) is 12.1 Å². The van der Waals surface area contributed by atoms with E-state index in [-0.39, 0.29) is 18.0 Å². The smallest absolute Gasteiger partial charge is 0.322 e. The summed E-state index contributed by atoms with van der Waals surface area (Å²) in [5.41, 5.74) is 1.55. The number of nitrogens with one attached hydrogen (secondary N) is 1. The molecule has 0 unspecified atom stereocenters. The normalized spacial score (nSPS) is 15.2. The second kappa shape index (κ2) is 10.8. The van der Waals surface area contributed by atoms with Crippen molar-refractivity contribution in [1.82, 2.24) is 14.8 Å². The Morgan fingerprint density at radius 1 is 1.22 bits per heavy atom. The monoisotopic (exact) mass is 442 g/mol. The number of carbonyl (C=O) groups is 2. The molecule has 1 aromatic carbocycles. The van der Waals surface area contributed by atoms with Crippen molar-refractivity contribution in [1.29, 1.82) is 0 Å². The number of urea groups is 1. The van der Waals surface area contributed by atoms with Crippen LogP contribution in [-0.2, 0) is 11.3 Å². The summed E-state index contributed by atoms with van der Waals surface area (Å²) >= 11 is 0. The van der Waals surface area contributed by atoms with Gasteiger partial charge in [0.15, 0.2) is 11.5 Å². The molecule has 1 fully saturated rings. The van der Waals surface area contributed by atoms with E-state index in [0.717, 1.165) is 18.4 Å². The fraction of sp³-hybridized carbons (Fsp3) is 0.435. The lowest BCUT2D eigenvalue weighted by molar-refractivity contribution is 0.0816. The molecule has 3 rings (SSSR count). The molecule has 2 aromatic rings. The standard InChI is InChI=1S/C23H30N4O5/c1-26(2)22(28)18-11-20(30-3)21(31-4)12-19(18)25-23(29)27(15-17-8-6-10-32-17)14-16-7-5-9-24-13-16/h5,7,9,11-13,17H,6,8,10,14-15H2,1-4H3,(H,25,29)/t17-/m0/s1. The van der Waals surface area contributed by atoms with Crippen molar-refractivity contribution in [2.24, 2.45) is 0 Å². The first kappa shape index (κ1) is 23.3. The summed E-state index contributed by atoms with van der Waals surface area (Å²) < 4.78 is 16.5. The molecular weight excluding hydrogens is 412 g/mol. The van der Waals surface area contributed by atoms with Gasteiger partial charge < -0.3 is 29.3 Å². The highest BCUT2D eigenvalue weighted by Gasteiger charge is 2.25. The lowest BCUT2D eigenvalue weighted by Crippen LogP contribution is -2.40. The van der Waals surface area contributed by atoms with Crippen LogP contribution in [0.2, 0.25) is 0 Å². The lowest BCUT2D eigenvalue weighted by atomic mass is 10.1. The third kappa shape index (κ3) is 5.67. The molecule has 1 N–H and O–H groups in total. The van der Waals surface area contributed by atoms with Crippen LogP contribution < -0.4 is 14.8 Å². The number of hydrogen-bond acceptors (Lipinski definition) is 6. The SMILES string of the molecule is COc1cc(NC(=O)N(Cc2cccnc2)C[C@@H]2CCCO2)c(C(=O)N(C)C)cc1OC. The highest BCUT2D eigenvalue weighted by molar-refractivity contribution is 6.04. The number of hydrogen-bond donors (Lipinski definition) is 1. The van der Waals surface area contributed by atoms with E-state index in [1.54, 1.807) is 43.5 Å². The summed E-state index contributed by atoms with van der Waals surface area (Å²) in [5.74, 6) is 0.553. The number of anilines is 1. The Balaban J connectivity index is 1.90. The lowest BCUT2D eigenvalue weighted by Gasteiger charge is -2.26. The van der Waals surface area contributed by atoms with Gasteiger partial charge in [0.2, 0.25) is 0 Å². The summed E-state index contributed by atoms with van der Waals surface area (Å²) in [6, 6.07) is 6.58. The Labute approximate surface area is 188 Å². The summed E-state index contributed by atoms with van der Waals surface area (Å²) in [4.78, 5) is 33.4. The summed E-state index contributed by atoms with van der Waals surface area (Å²) in [6.45, 7) is 1.50. The molecule has 0 saturated carbocycles. The molecule has 0 spiro atoms. The predicted molar refractivity (Wildman–Crippen MR) is 120 cm³/mol. The minimum Gasteiger partial charge on any atom is -0.493 e. The number of aromatic nitrogens is 1. The predicted octanol–water partition coefficient (Wildman–Crippen LogP) is 3.01. The van der Waals surface area contributed by atoms with Gasteiger partial charge in [-0.05, 0) is 30.5 Å². The van der Waals surface area contributed by atoms with Gasteiger partial charge >= 0.3 is 6.03 Å². The fourth-order valence-electron chi connectivity index (χ4n) is 3.56. The van der Waals surface area contributed by atoms with Gasteiger partial charge in [0.1, 0.15) is 0 Å².